The van der Waals surface area contributed by atoms with Gasteiger partial charge in [-0.2, -0.15) is 5.16 Å². The van der Waals surface area contributed by atoms with Crippen LogP contribution in [-0.2, 0) is 0 Å². The molecule has 0 radical (unpaired) electrons. The Kier molecular flexibility index (Phi) is 3.33. The minimum absolute atomic E-state index is 0.0311. The third kappa shape index (κ3) is 2.51. The van der Waals surface area contributed by atoms with Gasteiger partial charge in [-0.1, -0.05) is 0 Å². The molecular formula is C11H13N3O3S. The topological polar surface area (TPSA) is 88.0 Å². The zero-order chi connectivity index (χ0) is 13.3. The normalized spacial score (nSPS) is 12.4. The van der Waals surface area contributed by atoms with Crippen LogP contribution < -0.4 is 10.9 Å². The Balaban J connectivity index is 2.12. The number of hydrogen-bond acceptors (Lipinski definition) is 5. The van der Waals surface area contributed by atoms with E-state index in [1.165, 1.54) is 0 Å². The first-order valence-corrected chi connectivity index (χ1v) is 6.22. The molecule has 2 aromatic rings. The van der Waals surface area contributed by atoms with Gasteiger partial charge in [-0.25, -0.2) is 4.98 Å². The molecule has 0 aromatic carbocycles. The Morgan fingerprint density at radius 1 is 1.56 bits per heavy atom. The number of aromatic nitrogens is 2. The van der Waals surface area contributed by atoms with Crippen LogP contribution in [0.25, 0.3) is 0 Å². The lowest BCUT2D eigenvalue weighted by molar-refractivity contribution is 0.0901. The van der Waals surface area contributed by atoms with Crippen LogP contribution in [0.5, 0.6) is 0 Å². The Morgan fingerprint density at radius 2 is 2.28 bits per heavy atom. The van der Waals surface area contributed by atoms with Gasteiger partial charge in [0.15, 0.2) is 0 Å². The molecule has 0 aliphatic carbocycles. The maximum absolute atomic E-state index is 11.8. The van der Waals surface area contributed by atoms with Gasteiger partial charge in [0.2, 0.25) is 5.76 Å². The number of rotatable bonds is 3. The number of carbonyl (C=O) groups excluding carboxylic acids is 1. The molecule has 0 fully saturated rings. The van der Waals surface area contributed by atoms with Gasteiger partial charge in [0, 0.05) is 4.88 Å². The summed E-state index contributed by atoms with van der Waals surface area (Å²) in [7, 11) is 0. The van der Waals surface area contributed by atoms with Crippen LogP contribution in [0.3, 0.4) is 0 Å². The van der Waals surface area contributed by atoms with Crippen molar-refractivity contribution in [1.29, 1.82) is 0 Å². The largest absolute Gasteiger partial charge is 0.373 e. The summed E-state index contributed by atoms with van der Waals surface area (Å²) in [6, 6.07) is 0.879. The molecule has 0 bridgehead atoms. The highest BCUT2D eigenvalue weighted by atomic mass is 32.1. The second-order valence-corrected chi connectivity index (χ2v) is 5.35. The number of H-pyrrole nitrogens is 1. The fraction of sp³-hybridized carbons (Fsp3) is 0.364. The minimum atomic E-state index is -0.439. The molecule has 0 saturated carbocycles. The fourth-order valence-corrected chi connectivity index (χ4v) is 2.59. The lowest BCUT2D eigenvalue weighted by Gasteiger charge is -2.11. The van der Waals surface area contributed by atoms with E-state index in [4.69, 9.17) is 4.52 Å². The van der Waals surface area contributed by atoms with Crippen LogP contribution in [-0.4, -0.2) is 16.0 Å². The monoisotopic (exact) mass is 267 g/mol. The summed E-state index contributed by atoms with van der Waals surface area (Å²) in [6.07, 6.45) is 0. The molecule has 0 aliphatic rings. The van der Waals surface area contributed by atoms with Crippen LogP contribution in [0, 0.1) is 13.8 Å². The first-order chi connectivity index (χ1) is 8.47. The summed E-state index contributed by atoms with van der Waals surface area (Å²) >= 11 is 1.58. The molecule has 0 saturated heterocycles. The summed E-state index contributed by atoms with van der Waals surface area (Å²) in [5.41, 5.74) is 0.400. The van der Waals surface area contributed by atoms with E-state index in [9.17, 15) is 9.59 Å². The first-order valence-electron chi connectivity index (χ1n) is 5.40. The molecule has 2 rings (SSSR count). The van der Waals surface area contributed by atoms with E-state index in [0.29, 0.717) is 0 Å². The summed E-state index contributed by atoms with van der Waals surface area (Å²) < 4.78 is 4.73. The Bertz CT molecular complexity index is 626. The summed E-state index contributed by atoms with van der Waals surface area (Å²) in [6.45, 7) is 5.71. The Labute approximate surface area is 107 Å². The second-order valence-electron chi connectivity index (χ2n) is 3.95. The molecule has 2 heterocycles. The molecule has 1 atom stereocenters. The van der Waals surface area contributed by atoms with Gasteiger partial charge in [-0.3, -0.25) is 9.59 Å². The van der Waals surface area contributed by atoms with Crippen LogP contribution in [0.2, 0.25) is 0 Å². The van der Waals surface area contributed by atoms with Gasteiger partial charge in [0.1, 0.15) is 0 Å². The molecule has 0 unspecified atom stereocenters. The highest BCUT2D eigenvalue weighted by molar-refractivity contribution is 7.11. The van der Waals surface area contributed by atoms with Crippen molar-refractivity contribution < 1.29 is 9.32 Å². The number of thiazole rings is 1. The molecule has 6 nitrogen and oxygen atoms in total. The van der Waals surface area contributed by atoms with Gasteiger partial charge >= 0.3 is 0 Å². The van der Waals surface area contributed by atoms with E-state index in [-0.39, 0.29) is 11.8 Å². The summed E-state index contributed by atoms with van der Waals surface area (Å²) in [5.74, 6) is -0.470. The van der Waals surface area contributed by atoms with E-state index >= 15 is 0 Å². The van der Waals surface area contributed by atoms with Crippen LogP contribution >= 0.6 is 11.3 Å². The number of aromatic amines is 1. The van der Waals surface area contributed by atoms with Crippen molar-refractivity contribution in [3.05, 3.63) is 37.8 Å². The highest BCUT2D eigenvalue weighted by Crippen LogP contribution is 2.22. The smallest absolute Gasteiger partial charge is 0.290 e. The molecule has 0 aliphatic heterocycles. The maximum Gasteiger partial charge on any atom is 0.290 e. The van der Waals surface area contributed by atoms with Crippen molar-refractivity contribution in [2.75, 3.05) is 0 Å². The van der Waals surface area contributed by atoms with Crippen LogP contribution in [0.1, 0.15) is 39.1 Å². The molecule has 18 heavy (non-hydrogen) atoms. The van der Waals surface area contributed by atoms with Crippen molar-refractivity contribution >= 4 is 17.2 Å². The third-order valence-electron chi connectivity index (χ3n) is 2.44. The minimum Gasteiger partial charge on any atom is -0.373 e. The van der Waals surface area contributed by atoms with Gasteiger partial charge in [0.05, 0.1) is 22.8 Å². The van der Waals surface area contributed by atoms with E-state index in [0.717, 1.165) is 21.6 Å². The number of nitrogens with zero attached hydrogens (tertiary/aromatic N) is 1. The first kappa shape index (κ1) is 12.6. The van der Waals surface area contributed by atoms with E-state index in [2.05, 4.69) is 15.5 Å². The predicted molar refractivity (Wildman–Crippen MR) is 66.8 cm³/mol. The number of amides is 1. The second kappa shape index (κ2) is 4.77. The van der Waals surface area contributed by atoms with Crippen molar-refractivity contribution in [3.8, 4) is 0 Å². The number of nitrogens with one attached hydrogen (secondary N) is 2. The van der Waals surface area contributed by atoms with Crippen LogP contribution in [0.4, 0.5) is 0 Å². The fourth-order valence-electron chi connectivity index (χ4n) is 1.68. The standard InChI is InChI=1S/C11H13N3O3S/c1-5(10-6(2)18-7(3)13-10)12-11(16)8-4-9(15)14-17-8/h4-5H,1-3H3,(H,12,16)(H,14,15)/t5-/m1/s1. The van der Waals surface area contributed by atoms with Gasteiger partial charge in [-0.15, -0.1) is 11.3 Å². The van der Waals surface area contributed by atoms with Crippen LogP contribution in [0.15, 0.2) is 15.4 Å². The van der Waals surface area contributed by atoms with Crippen molar-refractivity contribution in [1.82, 2.24) is 15.5 Å². The average molecular weight is 267 g/mol. The third-order valence-corrected chi connectivity index (χ3v) is 3.35. The molecule has 2 aromatic heterocycles. The van der Waals surface area contributed by atoms with Gasteiger partial charge in [-0.05, 0) is 20.8 Å². The Morgan fingerprint density at radius 3 is 2.78 bits per heavy atom. The number of carbonyl (C=O) groups is 1. The predicted octanol–water partition coefficient (Wildman–Crippen LogP) is 1.53. The number of aryl methyl sites for hydroxylation is 2. The number of hydrogen-bond donors (Lipinski definition) is 2. The average Bonchev–Trinajstić information content (AvgIpc) is 2.84. The molecule has 0 spiro atoms. The lowest BCUT2D eigenvalue weighted by atomic mass is 10.2. The molecule has 7 heteroatoms. The van der Waals surface area contributed by atoms with Gasteiger partial charge in [0.25, 0.3) is 11.5 Å². The Hall–Kier alpha value is -1.89. The zero-order valence-electron chi connectivity index (χ0n) is 10.2. The molecular weight excluding hydrogens is 254 g/mol. The highest BCUT2D eigenvalue weighted by Gasteiger charge is 2.18. The molecule has 96 valence electrons. The van der Waals surface area contributed by atoms with E-state index < -0.39 is 11.5 Å². The molecule has 2 N–H and O–H groups in total. The zero-order valence-corrected chi connectivity index (χ0v) is 11.1. The van der Waals surface area contributed by atoms with Crippen molar-refractivity contribution in [2.45, 2.75) is 26.8 Å². The van der Waals surface area contributed by atoms with Gasteiger partial charge < -0.3 is 9.84 Å². The summed E-state index contributed by atoms with van der Waals surface area (Å²) in [4.78, 5) is 28.1. The van der Waals surface area contributed by atoms with E-state index in [1.54, 1.807) is 11.3 Å². The molecule has 1 amide bonds. The summed E-state index contributed by atoms with van der Waals surface area (Å²) in [5, 5.41) is 5.76. The van der Waals surface area contributed by atoms with Crippen molar-refractivity contribution in [3.63, 3.8) is 0 Å². The maximum atomic E-state index is 11.8. The van der Waals surface area contributed by atoms with E-state index in [1.807, 2.05) is 20.8 Å². The lowest BCUT2D eigenvalue weighted by Crippen LogP contribution is -2.27. The van der Waals surface area contributed by atoms with Crippen molar-refractivity contribution in [2.24, 2.45) is 0 Å². The SMILES string of the molecule is Cc1nc([C@@H](C)NC(=O)c2cc(=O)[nH]o2)c(C)s1. The quantitative estimate of drug-likeness (QED) is 0.882.